The summed E-state index contributed by atoms with van der Waals surface area (Å²) < 4.78 is 2.25. The van der Waals surface area contributed by atoms with E-state index in [9.17, 15) is 9.59 Å². The van der Waals surface area contributed by atoms with Crippen molar-refractivity contribution in [1.82, 2.24) is 9.78 Å². The Bertz CT molecular complexity index is 709. The number of carbonyl (C=O) groups excluding carboxylic acids is 1. The Labute approximate surface area is 129 Å². The number of hydrogen-bond donors (Lipinski definition) is 2. The highest BCUT2D eigenvalue weighted by Crippen LogP contribution is 2.22. The number of aromatic nitrogens is 2. The van der Waals surface area contributed by atoms with Gasteiger partial charge < -0.3 is 10.4 Å². The summed E-state index contributed by atoms with van der Waals surface area (Å²) in [5.74, 6) is -1.47. The van der Waals surface area contributed by atoms with E-state index in [0.29, 0.717) is 22.2 Å². The average Bonchev–Trinajstić information content (AvgIpc) is 2.79. The van der Waals surface area contributed by atoms with Crippen LogP contribution in [0.5, 0.6) is 0 Å². The number of aromatic carboxylic acids is 1. The molecule has 6 nitrogen and oxygen atoms in total. The van der Waals surface area contributed by atoms with E-state index in [0.717, 1.165) is 0 Å². The molecule has 0 unspecified atom stereocenters. The predicted octanol–water partition coefficient (Wildman–Crippen LogP) is 2.70. The number of aryl methyl sites for hydroxylation is 2. The summed E-state index contributed by atoms with van der Waals surface area (Å²) in [6.45, 7) is 1.90. The smallest absolute Gasteiger partial charge is 0.337 e. The minimum absolute atomic E-state index is 0.0356. The number of amides is 1. The minimum atomic E-state index is -1.10. The summed E-state index contributed by atoms with van der Waals surface area (Å²) in [4.78, 5) is 23.5. The summed E-state index contributed by atoms with van der Waals surface area (Å²) in [5, 5.41) is 16.0. The van der Waals surface area contributed by atoms with Crippen LogP contribution in [-0.4, -0.2) is 26.8 Å². The van der Waals surface area contributed by atoms with Gasteiger partial charge in [-0.3, -0.25) is 9.48 Å². The van der Waals surface area contributed by atoms with Gasteiger partial charge in [0.05, 0.1) is 22.5 Å². The van der Waals surface area contributed by atoms with Crippen LogP contribution in [-0.2, 0) is 13.5 Å². The van der Waals surface area contributed by atoms with Gasteiger partial charge in [0.25, 0.3) is 5.91 Å². The lowest BCUT2D eigenvalue weighted by Gasteiger charge is -2.08. The van der Waals surface area contributed by atoms with Crippen molar-refractivity contribution >= 4 is 33.5 Å². The number of nitrogens with one attached hydrogen (secondary N) is 1. The average molecular weight is 352 g/mol. The fraction of sp³-hybridized carbons (Fsp3) is 0.214. The first-order valence-corrected chi connectivity index (χ1v) is 7.08. The number of nitrogens with zero attached hydrogens (tertiary/aromatic N) is 2. The Hall–Kier alpha value is -2.15. The van der Waals surface area contributed by atoms with Crippen LogP contribution in [0.15, 0.2) is 28.9 Å². The van der Waals surface area contributed by atoms with Crippen LogP contribution in [0.3, 0.4) is 0 Å². The van der Waals surface area contributed by atoms with Gasteiger partial charge in [0.15, 0.2) is 0 Å². The molecule has 1 aromatic heterocycles. The molecular formula is C14H14BrN3O3. The molecule has 2 aromatic rings. The van der Waals surface area contributed by atoms with Crippen molar-refractivity contribution in [1.29, 1.82) is 0 Å². The van der Waals surface area contributed by atoms with Crippen molar-refractivity contribution < 1.29 is 14.7 Å². The second-order valence-electron chi connectivity index (χ2n) is 4.47. The maximum absolute atomic E-state index is 12.3. The van der Waals surface area contributed by atoms with Crippen molar-refractivity contribution in [3.8, 4) is 0 Å². The van der Waals surface area contributed by atoms with Gasteiger partial charge >= 0.3 is 5.97 Å². The Balaban J connectivity index is 2.35. The molecular weight excluding hydrogens is 338 g/mol. The summed E-state index contributed by atoms with van der Waals surface area (Å²) in [5.41, 5.74) is 1.39. The standard InChI is InChI=1S/C14H14BrN3O3/c1-3-11-10(7-18(2)17-11)13(19)16-12-6-8(15)4-5-9(12)14(20)21/h4-7H,3H2,1-2H3,(H,16,19)(H,20,21). The van der Waals surface area contributed by atoms with Crippen LogP contribution in [0.2, 0.25) is 0 Å². The molecule has 2 N–H and O–H groups in total. The zero-order chi connectivity index (χ0) is 15.6. The number of anilines is 1. The zero-order valence-electron chi connectivity index (χ0n) is 11.6. The fourth-order valence-corrected chi connectivity index (χ4v) is 2.34. The number of carboxylic acids is 1. The van der Waals surface area contributed by atoms with E-state index in [-0.39, 0.29) is 17.2 Å². The minimum Gasteiger partial charge on any atom is -0.478 e. The molecule has 0 saturated heterocycles. The number of rotatable bonds is 4. The first-order chi connectivity index (χ1) is 9.92. The molecule has 0 spiro atoms. The van der Waals surface area contributed by atoms with Crippen molar-refractivity contribution in [3.63, 3.8) is 0 Å². The van der Waals surface area contributed by atoms with Crippen LogP contribution in [0, 0.1) is 0 Å². The number of benzene rings is 1. The van der Waals surface area contributed by atoms with Crippen molar-refractivity contribution in [2.24, 2.45) is 7.05 Å². The van der Waals surface area contributed by atoms with Gasteiger partial charge in [-0.1, -0.05) is 22.9 Å². The van der Waals surface area contributed by atoms with E-state index in [1.807, 2.05) is 6.92 Å². The molecule has 0 fully saturated rings. The highest BCUT2D eigenvalue weighted by atomic mass is 79.9. The maximum Gasteiger partial charge on any atom is 0.337 e. The molecule has 21 heavy (non-hydrogen) atoms. The van der Waals surface area contributed by atoms with Gasteiger partial charge in [0, 0.05) is 17.7 Å². The van der Waals surface area contributed by atoms with Gasteiger partial charge in [-0.25, -0.2) is 4.79 Å². The van der Waals surface area contributed by atoms with E-state index >= 15 is 0 Å². The third-order valence-corrected chi connectivity index (χ3v) is 3.44. The van der Waals surface area contributed by atoms with Crippen LogP contribution in [0.1, 0.15) is 33.3 Å². The van der Waals surface area contributed by atoms with Crippen molar-refractivity contribution in [2.45, 2.75) is 13.3 Å². The molecule has 7 heteroatoms. The Morgan fingerprint density at radius 3 is 2.71 bits per heavy atom. The SMILES string of the molecule is CCc1nn(C)cc1C(=O)Nc1cc(Br)ccc1C(=O)O. The largest absolute Gasteiger partial charge is 0.478 e. The quantitative estimate of drug-likeness (QED) is 0.886. The van der Waals surface area contributed by atoms with Crippen molar-refractivity contribution in [3.05, 3.63) is 45.7 Å². The highest BCUT2D eigenvalue weighted by Gasteiger charge is 2.18. The van der Waals surface area contributed by atoms with Gasteiger partial charge in [-0.2, -0.15) is 5.10 Å². The van der Waals surface area contributed by atoms with E-state index in [4.69, 9.17) is 5.11 Å². The van der Waals surface area contributed by atoms with Gasteiger partial charge in [0.2, 0.25) is 0 Å². The molecule has 2 rings (SSSR count). The molecule has 0 bridgehead atoms. The molecule has 0 aliphatic rings. The van der Waals surface area contributed by atoms with Gasteiger partial charge in [-0.15, -0.1) is 0 Å². The van der Waals surface area contributed by atoms with Crippen LogP contribution in [0.25, 0.3) is 0 Å². The summed E-state index contributed by atoms with van der Waals surface area (Å²) in [6, 6.07) is 4.61. The van der Waals surface area contributed by atoms with Crippen LogP contribution < -0.4 is 5.32 Å². The number of hydrogen-bond acceptors (Lipinski definition) is 3. The van der Waals surface area contributed by atoms with E-state index in [1.54, 1.807) is 30.1 Å². The molecule has 0 saturated carbocycles. The van der Waals surface area contributed by atoms with Crippen LogP contribution in [0.4, 0.5) is 5.69 Å². The second kappa shape index (κ2) is 6.09. The first kappa shape index (κ1) is 15.2. The Morgan fingerprint density at radius 2 is 2.10 bits per heavy atom. The fourth-order valence-electron chi connectivity index (χ4n) is 1.98. The lowest BCUT2D eigenvalue weighted by Crippen LogP contribution is -2.15. The maximum atomic E-state index is 12.3. The molecule has 1 aromatic carbocycles. The molecule has 0 atom stereocenters. The van der Waals surface area contributed by atoms with E-state index < -0.39 is 5.97 Å². The molecule has 1 heterocycles. The van der Waals surface area contributed by atoms with Gasteiger partial charge in [0.1, 0.15) is 0 Å². The third-order valence-electron chi connectivity index (χ3n) is 2.95. The molecule has 110 valence electrons. The predicted molar refractivity (Wildman–Crippen MR) is 81.6 cm³/mol. The van der Waals surface area contributed by atoms with E-state index in [1.165, 1.54) is 6.07 Å². The number of carboxylic acid groups (broad SMARTS) is 1. The summed E-state index contributed by atoms with van der Waals surface area (Å²) in [7, 11) is 1.73. The summed E-state index contributed by atoms with van der Waals surface area (Å²) >= 11 is 3.26. The molecule has 0 aliphatic heterocycles. The molecule has 1 amide bonds. The monoisotopic (exact) mass is 351 g/mol. The molecule has 0 radical (unpaired) electrons. The zero-order valence-corrected chi connectivity index (χ0v) is 13.1. The van der Waals surface area contributed by atoms with Crippen LogP contribution >= 0.6 is 15.9 Å². The topological polar surface area (TPSA) is 84.2 Å². The lowest BCUT2D eigenvalue weighted by atomic mass is 10.1. The highest BCUT2D eigenvalue weighted by molar-refractivity contribution is 9.10. The normalized spacial score (nSPS) is 10.4. The Morgan fingerprint density at radius 1 is 1.38 bits per heavy atom. The molecule has 0 aliphatic carbocycles. The number of carbonyl (C=O) groups is 2. The van der Waals surface area contributed by atoms with Crippen molar-refractivity contribution in [2.75, 3.05) is 5.32 Å². The lowest BCUT2D eigenvalue weighted by molar-refractivity contribution is 0.0698. The summed E-state index contributed by atoms with van der Waals surface area (Å²) in [6.07, 6.45) is 2.24. The van der Waals surface area contributed by atoms with Gasteiger partial charge in [-0.05, 0) is 24.6 Å². The Kier molecular flexibility index (Phi) is 4.42. The second-order valence-corrected chi connectivity index (χ2v) is 5.38. The van der Waals surface area contributed by atoms with E-state index in [2.05, 4.69) is 26.3 Å². The number of halogens is 1. The third kappa shape index (κ3) is 3.30. The first-order valence-electron chi connectivity index (χ1n) is 6.29.